The lowest BCUT2D eigenvalue weighted by Gasteiger charge is -2.19. The molecule has 3 heterocycles. The number of anilines is 1. The Hall–Kier alpha value is -2.96. The summed E-state index contributed by atoms with van der Waals surface area (Å²) in [5.41, 5.74) is 3.13. The summed E-state index contributed by atoms with van der Waals surface area (Å²) in [6, 6.07) is 0. The number of thiophene rings is 2. The van der Waals surface area contributed by atoms with E-state index in [0.29, 0.717) is 28.1 Å². The summed E-state index contributed by atoms with van der Waals surface area (Å²) in [5.74, 6) is 0.332. The van der Waals surface area contributed by atoms with Gasteiger partial charge in [-0.2, -0.15) is 0 Å². The molecule has 0 aromatic carbocycles. The molecular weight excluding hydrogens is 543 g/mol. The lowest BCUT2D eigenvalue weighted by atomic mass is 9.88. The van der Waals surface area contributed by atoms with Gasteiger partial charge in [0.2, 0.25) is 5.91 Å². The molecular formula is C26H31N5O4S3. The fourth-order valence-electron chi connectivity index (χ4n) is 4.40. The Morgan fingerprint density at radius 1 is 1.34 bits per heavy atom. The number of hydrogen-bond donors (Lipinski definition) is 1. The third-order valence-electron chi connectivity index (χ3n) is 6.39. The molecule has 0 radical (unpaired) electrons. The third kappa shape index (κ3) is 5.57. The molecule has 0 spiro atoms. The van der Waals surface area contributed by atoms with Crippen molar-refractivity contribution < 1.29 is 19.1 Å². The molecule has 3 aromatic heterocycles. The molecule has 202 valence electrons. The number of carbonyl (C=O) groups is 3. The van der Waals surface area contributed by atoms with Crippen molar-refractivity contribution in [3.63, 3.8) is 0 Å². The summed E-state index contributed by atoms with van der Waals surface area (Å²) in [6.45, 7) is 8.36. The first-order valence-electron chi connectivity index (χ1n) is 12.2. The molecule has 1 aliphatic carbocycles. The highest BCUT2D eigenvalue weighted by molar-refractivity contribution is 7.99. The minimum Gasteiger partial charge on any atom is -0.465 e. The Kier molecular flexibility index (Phi) is 8.74. The van der Waals surface area contributed by atoms with E-state index in [4.69, 9.17) is 4.74 Å². The van der Waals surface area contributed by atoms with E-state index in [1.54, 1.807) is 38.4 Å². The number of nitrogens with one attached hydrogen (secondary N) is 1. The highest BCUT2D eigenvalue weighted by Crippen LogP contribution is 2.39. The van der Waals surface area contributed by atoms with Gasteiger partial charge in [-0.3, -0.25) is 14.2 Å². The Bertz CT molecular complexity index is 1390. The van der Waals surface area contributed by atoms with Crippen LogP contribution in [0.25, 0.3) is 11.4 Å². The number of aromatic nitrogens is 3. The lowest BCUT2D eigenvalue weighted by Crippen LogP contribution is -2.21. The van der Waals surface area contributed by atoms with Crippen LogP contribution < -0.4 is 5.32 Å². The van der Waals surface area contributed by atoms with Gasteiger partial charge in [0, 0.05) is 36.5 Å². The normalized spacial score (nSPS) is 14.6. The summed E-state index contributed by atoms with van der Waals surface area (Å²) in [4.78, 5) is 41.2. The Morgan fingerprint density at radius 3 is 2.79 bits per heavy atom. The zero-order valence-electron chi connectivity index (χ0n) is 22.1. The summed E-state index contributed by atoms with van der Waals surface area (Å²) in [6.07, 6.45) is 5.07. The molecule has 0 aliphatic heterocycles. The molecule has 1 atom stereocenters. The van der Waals surface area contributed by atoms with E-state index >= 15 is 0 Å². The molecule has 0 bridgehead atoms. The number of rotatable bonds is 9. The molecule has 1 unspecified atom stereocenters. The van der Waals surface area contributed by atoms with Crippen molar-refractivity contribution in [2.75, 3.05) is 32.3 Å². The second-order valence-corrected chi connectivity index (χ2v) is 12.3. The largest absolute Gasteiger partial charge is 0.465 e. The first-order chi connectivity index (χ1) is 18.2. The number of carbonyl (C=O) groups excluding carboxylic acids is 3. The maximum absolute atomic E-state index is 13.0. The molecule has 0 saturated carbocycles. The van der Waals surface area contributed by atoms with Crippen LogP contribution in [0.3, 0.4) is 0 Å². The molecule has 0 fully saturated rings. The molecule has 1 aliphatic rings. The summed E-state index contributed by atoms with van der Waals surface area (Å²) >= 11 is 4.10. The standard InChI is InChI=1S/C26H31N5O4S3/c1-7-10-31-22(17-12-36-18-11-14(2)8-9-16(17)18)28-29-26(31)37-13-19(32)27-23-20(25(34)35-6)15(3)21(38-23)24(33)30(4)5/h7,12,14H,1,8-11,13H2,2-6H3,(H,27,32). The van der Waals surface area contributed by atoms with Crippen LogP contribution >= 0.6 is 34.4 Å². The Balaban J connectivity index is 1.53. The van der Waals surface area contributed by atoms with Gasteiger partial charge in [-0.05, 0) is 43.2 Å². The molecule has 9 nitrogen and oxygen atoms in total. The van der Waals surface area contributed by atoms with Crippen LogP contribution in [0, 0.1) is 12.8 Å². The molecule has 2 amide bonds. The van der Waals surface area contributed by atoms with Gasteiger partial charge in [-0.25, -0.2) is 4.79 Å². The van der Waals surface area contributed by atoms with E-state index in [9.17, 15) is 14.4 Å². The van der Waals surface area contributed by atoms with E-state index < -0.39 is 5.97 Å². The van der Waals surface area contributed by atoms with Crippen LogP contribution in [0.15, 0.2) is 23.2 Å². The van der Waals surface area contributed by atoms with Gasteiger partial charge in [0.15, 0.2) is 11.0 Å². The summed E-state index contributed by atoms with van der Waals surface area (Å²) in [7, 11) is 4.53. The monoisotopic (exact) mass is 573 g/mol. The first-order valence-corrected chi connectivity index (χ1v) is 14.8. The van der Waals surface area contributed by atoms with Crippen molar-refractivity contribution in [1.29, 1.82) is 0 Å². The Morgan fingerprint density at radius 2 is 2.11 bits per heavy atom. The molecule has 1 N–H and O–H groups in total. The van der Waals surface area contributed by atoms with Crippen LogP contribution in [0.1, 0.15) is 49.4 Å². The number of amides is 2. The van der Waals surface area contributed by atoms with Crippen LogP contribution in [-0.2, 0) is 28.9 Å². The highest BCUT2D eigenvalue weighted by Gasteiger charge is 2.28. The number of fused-ring (bicyclic) bond motifs is 1. The number of thioether (sulfide) groups is 1. The second kappa shape index (κ2) is 11.8. The van der Waals surface area contributed by atoms with Crippen molar-refractivity contribution in [3.8, 4) is 11.4 Å². The summed E-state index contributed by atoms with van der Waals surface area (Å²) in [5, 5.41) is 14.7. The minimum atomic E-state index is -0.608. The van der Waals surface area contributed by atoms with Crippen LogP contribution in [-0.4, -0.2) is 64.4 Å². The van der Waals surface area contributed by atoms with Crippen molar-refractivity contribution in [2.24, 2.45) is 5.92 Å². The van der Waals surface area contributed by atoms with Gasteiger partial charge >= 0.3 is 5.97 Å². The van der Waals surface area contributed by atoms with Crippen LogP contribution in [0.2, 0.25) is 0 Å². The van der Waals surface area contributed by atoms with Gasteiger partial charge in [0.1, 0.15) is 5.00 Å². The SMILES string of the molecule is C=CCn1c(SCC(=O)Nc2sc(C(=O)N(C)C)c(C)c2C(=O)OC)nnc1-c1csc2c1CCC(C)C2. The van der Waals surface area contributed by atoms with Crippen molar-refractivity contribution in [1.82, 2.24) is 19.7 Å². The fourth-order valence-corrected chi connectivity index (χ4v) is 7.63. The zero-order chi connectivity index (χ0) is 27.6. The average Bonchev–Trinajstić information content (AvgIpc) is 3.57. The predicted octanol–water partition coefficient (Wildman–Crippen LogP) is 4.91. The van der Waals surface area contributed by atoms with E-state index in [2.05, 4.69) is 34.4 Å². The van der Waals surface area contributed by atoms with E-state index in [0.717, 1.165) is 42.0 Å². The third-order valence-corrected chi connectivity index (χ3v) is 9.61. The highest BCUT2D eigenvalue weighted by atomic mass is 32.2. The molecule has 0 saturated heterocycles. The maximum atomic E-state index is 13.0. The van der Waals surface area contributed by atoms with E-state index in [-0.39, 0.29) is 28.1 Å². The quantitative estimate of drug-likeness (QED) is 0.220. The molecule has 3 aromatic rings. The lowest BCUT2D eigenvalue weighted by molar-refractivity contribution is -0.113. The van der Waals surface area contributed by atoms with Gasteiger partial charge in [-0.1, -0.05) is 24.8 Å². The van der Waals surface area contributed by atoms with Crippen LogP contribution in [0.5, 0.6) is 0 Å². The smallest absolute Gasteiger partial charge is 0.341 e. The number of ether oxygens (including phenoxy) is 1. The van der Waals surface area contributed by atoms with Gasteiger partial charge in [-0.15, -0.1) is 39.4 Å². The molecule has 38 heavy (non-hydrogen) atoms. The number of hydrogen-bond acceptors (Lipinski definition) is 9. The number of nitrogens with zero attached hydrogens (tertiary/aromatic N) is 4. The van der Waals surface area contributed by atoms with E-state index in [1.165, 1.54) is 34.2 Å². The maximum Gasteiger partial charge on any atom is 0.341 e. The van der Waals surface area contributed by atoms with Crippen molar-refractivity contribution >= 4 is 57.2 Å². The van der Waals surface area contributed by atoms with Gasteiger partial charge in [0.25, 0.3) is 5.91 Å². The van der Waals surface area contributed by atoms with Gasteiger partial charge in [0.05, 0.1) is 23.3 Å². The number of esters is 1. The van der Waals surface area contributed by atoms with E-state index in [1.807, 2.05) is 4.57 Å². The topological polar surface area (TPSA) is 106 Å². The number of methoxy groups -OCH3 is 1. The zero-order valence-corrected chi connectivity index (χ0v) is 24.6. The predicted molar refractivity (Wildman–Crippen MR) is 152 cm³/mol. The molecule has 4 rings (SSSR count). The van der Waals surface area contributed by atoms with Crippen LogP contribution in [0.4, 0.5) is 5.00 Å². The van der Waals surface area contributed by atoms with Crippen molar-refractivity contribution in [2.45, 2.75) is 44.8 Å². The Labute approximate surface area is 234 Å². The van der Waals surface area contributed by atoms with Gasteiger partial charge < -0.3 is 15.0 Å². The summed E-state index contributed by atoms with van der Waals surface area (Å²) < 4.78 is 6.88. The minimum absolute atomic E-state index is 0.0447. The first kappa shape index (κ1) is 28.1. The molecule has 12 heteroatoms. The second-order valence-electron chi connectivity index (χ2n) is 9.39. The fraction of sp³-hybridized carbons (Fsp3) is 0.423. The number of allylic oxidation sites excluding steroid dienone is 1. The average molecular weight is 574 g/mol. The van der Waals surface area contributed by atoms with Crippen molar-refractivity contribution in [3.05, 3.63) is 44.5 Å².